The van der Waals surface area contributed by atoms with Gasteiger partial charge in [0.1, 0.15) is 6.10 Å². The summed E-state index contributed by atoms with van der Waals surface area (Å²) in [6.07, 6.45) is 4.30. The molecule has 0 aromatic heterocycles. The average Bonchev–Trinajstić information content (AvgIpc) is 3.54. The lowest BCUT2D eigenvalue weighted by atomic mass is 9.48. The summed E-state index contributed by atoms with van der Waals surface area (Å²) >= 11 is 0. The summed E-state index contributed by atoms with van der Waals surface area (Å²) < 4.78 is 6.58. The smallest absolute Gasteiger partial charge is 0.262 e. The number of aliphatic hydroxyl groups is 1. The van der Waals surface area contributed by atoms with Crippen LogP contribution in [0.3, 0.4) is 0 Å². The minimum Gasteiger partial charge on any atom is -0.504 e. The molecule has 5 atom stereocenters. The quantitative estimate of drug-likeness (QED) is 0.649. The normalized spacial score (nSPS) is 36.1. The Bertz CT molecular complexity index is 1370. The first kappa shape index (κ1) is 21.2. The molecule has 1 unspecified atom stereocenters. The van der Waals surface area contributed by atoms with E-state index in [0.717, 1.165) is 36.2 Å². The highest BCUT2D eigenvalue weighted by molar-refractivity contribution is 6.22. The van der Waals surface area contributed by atoms with Crippen molar-refractivity contribution in [1.29, 1.82) is 0 Å². The summed E-state index contributed by atoms with van der Waals surface area (Å²) in [6.45, 7) is 3.71. The van der Waals surface area contributed by atoms with Crippen LogP contribution in [-0.4, -0.2) is 68.7 Å². The number of ether oxygens (including phenoxy) is 1. The molecule has 1 spiro atoms. The van der Waals surface area contributed by atoms with E-state index in [-0.39, 0.29) is 23.6 Å². The molecule has 3 heterocycles. The van der Waals surface area contributed by atoms with Crippen LogP contribution in [0.25, 0.3) is 0 Å². The van der Waals surface area contributed by atoms with Gasteiger partial charge in [0.2, 0.25) is 0 Å². The van der Waals surface area contributed by atoms with Crippen LogP contribution in [0.15, 0.2) is 30.3 Å². The number of imide groups is 1. The number of benzene rings is 2. The van der Waals surface area contributed by atoms with Crippen molar-refractivity contribution in [2.24, 2.45) is 5.92 Å². The number of carbonyl (C=O) groups is 2. The highest BCUT2D eigenvalue weighted by Crippen LogP contribution is 2.66. The van der Waals surface area contributed by atoms with E-state index in [0.29, 0.717) is 42.1 Å². The number of likely N-dealkylation sites (tertiary alicyclic amines) is 1. The van der Waals surface area contributed by atoms with E-state index in [9.17, 15) is 19.8 Å². The number of rotatable bonds is 3. The molecule has 2 bridgehead atoms. The fraction of sp³-hybridized carbons (Fsp3) is 0.517. The number of aryl methyl sites for hydroxylation is 1. The van der Waals surface area contributed by atoms with Crippen LogP contribution < -0.4 is 4.74 Å². The molecule has 2 amide bonds. The van der Waals surface area contributed by atoms with E-state index in [2.05, 4.69) is 4.90 Å². The topological polar surface area (TPSA) is 90.3 Å². The van der Waals surface area contributed by atoms with E-state index < -0.39 is 23.2 Å². The van der Waals surface area contributed by atoms with E-state index in [1.54, 1.807) is 12.1 Å². The highest BCUT2D eigenvalue weighted by atomic mass is 16.5. The number of aromatic hydroxyl groups is 1. The van der Waals surface area contributed by atoms with Crippen LogP contribution in [0.5, 0.6) is 11.5 Å². The Balaban J connectivity index is 1.28. The van der Waals surface area contributed by atoms with E-state index in [1.807, 2.05) is 25.1 Å². The van der Waals surface area contributed by atoms with Crippen molar-refractivity contribution in [2.45, 2.75) is 74.7 Å². The molecular formula is C29H30N2O5. The number of fused-ring (bicyclic) bond motifs is 1. The fourth-order valence-electron chi connectivity index (χ4n) is 8.49. The molecule has 7 nitrogen and oxygen atoms in total. The average molecular weight is 487 g/mol. The lowest BCUT2D eigenvalue weighted by Gasteiger charge is -2.64. The standard InChI is InChI=1S/C29H30N2O5/c1-15-3-2-4-18-22(15)27(34)31(26(18)33)19-9-10-29(35)21-13-17-7-8-20(32)24-23(17)28(29,25(19)36-24)11-12-30(21)14-16-5-6-16/h2-4,7-8,16,19,21,25,32,35H,5-6,9-14H2,1H3/t19-,21-,25+,28+,29?/m1/s1. The SMILES string of the molecule is Cc1cccc2c1C(=O)N([C@@H]1CCC3(O)[C@H]4Cc5ccc(O)c6c5[C@@]3(CCN4CC3CC3)[C@H]1O6)C2=O. The van der Waals surface area contributed by atoms with Gasteiger partial charge in [0, 0.05) is 18.2 Å². The van der Waals surface area contributed by atoms with Crippen molar-refractivity contribution in [3.05, 3.63) is 58.1 Å². The Morgan fingerprint density at radius 1 is 1.08 bits per heavy atom. The molecule has 2 aromatic carbocycles. The van der Waals surface area contributed by atoms with Gasteiger partial charge in [-0.15, -0.1) is 0 Å². The molecule has 1 saturated heterocycles. The molecule has 186 valence electrons. The van der Waals surface area contributed by atoms with Gasteiger partial charge >= 0.3 is 0 Å². The van der Waals surface area contributed by atoms with E-state index >= 15 is 0 Å². The van der Waals surface area contributed by atoms with Crippen molar-refractivity contribution < 1.29 is 24.5 Å². The number of hydrogen-bond donors (Lipinski definition) is 2. The van der Waals surface area contributed by atoms with Crippen LogP contribution >= 0.6 is 0 Å². The third-order valence-electron chi connectivity index (χ3n) is 10.2. The number of piperidine rings is 1. The molecule has 2 N–H and O–H groups in total. The predicted molar refractivity (Wildman–Crippen MR) is 130 cm³/mol. The Kier molecular flexibility index (Phi) is 3.94. The van der Waals surface area contributed by atoms with Gasteiger partial charge in [-0.25, -0.2) is 0 Å². The summed E-state index contributed by atoms with van der Waals surface area (Å²) in [5.41, 5.74) is 1.93. The number of phenols is 1. The number of amides is 2. The zero-order valence-corrected chi connectivity index (χ0v) is 20.4. The van der Waals surface area contributed by atoms with Gasteiger partial charge < -0.3 is 14.9 Å². The highest BCUT2D eigenvalue weighted by Gasteiger charge is 2.74. The fourth-order valence-corrected chi connectivity index (χ4v) is 8.49. The molecule has 2 aromatic rings. The minimum absolute atomic E-state index is 0.0358. The van der Waals surface area contributed by atoms with Gasteiger partial charge in [0.15, 0.2) is 11.5 Å². The second-order valence-corrected chi connectivity index (χ2v) is 11.9. The molecular weight excluding hydrogens is 456 g/mol. The van der Waals surface area contributed by atoms with Gasteiger partial charge in [-0.1, -0.05) is 18.2 Å². The van der Waals surface area contributed by atoms with Crippen LogP contribution in [0.2, 0.25) is 0 Å². The maximum absolute atomic E-state index is 13.7. The first-order valence-electron chi connectivity index (χ1n) is 13.3. The Hall–Kier alpha value is -2.90. The molecule has 3 aliphatic heterocycles. The lowest BCUT2D eigenvalue weighted by Crippen LogP contribution is -2.78. The first-order valence-corrected chi connectivity index (χ1v) is 13.3. The van der Waals surface area contributed by atoms with Crippen molar-refractivity contribution in [2.75, 3.05) is 13.1 Å². The van der Waals surface area contributed by atoms with Crippen LogP contribution in [-0.2, 0) is 11.8 Å². The summed E-state index contributed by atoms with van der Waals surface area (Å²) in [6, 6.07) is 8.52. The van der Waals surface area contributed by atoms with Gasteiger partial charge in [0.25, 0.3) is 11.8 Å². The Labute approximate surface area is 209 Å². The summed E-state index contributed by atoms with van der Waals surface area (Å²) in [5, 5.41) is 23.5. The van der Waals surface area contributed by atoms with Gasteiger partial charge in [-0.3, -0.25) is 19.4 Å². The molecule has 3 fully saturated rings. The summed E-state index contributed by atoms with van der Waals surface area (Å²) in [4.78, 5) is 31.2. The van der Waals surface area contributed by atoms with Gasteiger partial charge in [-0.2, -0.15) is 0 Å². The molecule has 6 aliphatic rings. The third-order valence-corrected chi connectivity index (χ3v) is 10.2. The molecule has 0 radical (unpaired) electrons. The lowest BCUT2D eigenvalue weighted by molar-refractivity contribution is -0.196. The Morgan fingerprint density at radius 3 is 2.69 bits per heavy atom. The molecule has 3 aliphatic carbocycles. The van der Waals surface area contributed by atoms with Crippen molar-refractivity contribution in [3.63, 3.8) is 0 Å². The predicted octanol–water partition coefficient (Wildman–Crippen LogP) is 2.93. The van der Waals surface area contributed by atoms with Crippen molar-refractivity contribution in [1.82, 2.24) is 9.80 Å². The maximum atomic E-state index is 13.7. The number of nitrogens with zero attached hydrogens (tertiary/aromatic N) is 2. The summed E-state index contributed by atoms with van der Waals surface area (Å²) in [7, 11) is 0. The Morgan fingerprint density at radius 2 is 1.92 bits per heavy atom. The van der Waals surface area contributed by atoms with Gasteiger partial charge in [-0.05, 0) is 81.2 Å². The van der Waals surface area contributed by atoms with E-state index in [4.69, 9.17) is 4.74 Å². The third kappa shape index (κ3) is 2.32. The molecule has 2 saturated carbocycles. The van der Waals surface area contributed by atoms with Crippen LogP contribution in [0, 0.1) is 12.8 Å². The zero-order chi connectivity index (χ0) is 24.6. The molecule has 36 heavy (non-hydrogen) atoms. The minimum atomic E-state index is -1.04. The molecule has 7 heteroatoms. The number of phenolic OH excluding ortho intramolecular Hbond substituents is 1. The zero-order valence-electron chi connectivity index (χ0n) is 20.4. The monoisotopic (exact) mass is 486 g/mol. The van der Waals surface area contributed by atoms with Crippen LogP contribution in [0.4, 0.5) is 0 Å². The maximum Gasteiger partial charge on any atom is 0.262 e. The second kappa shape index (κ2) is 6.69. The van der Waals surface area contributed by atoms with Crippen molar-refractivity contribution in [3.8, 4) is 11.5 Å². The largest absolute Gasteiger partial charge is 0.504 e. The van der Waals surface area contributed by atoms with Crippen LogP contribution in [0.1, 0.15) is 69.5 Å². The number of hydrogen-bond acceptors (Lipinski definition) is 6. The van der Waals surface area contributed by atoms with E-state index in [1.165, 1.54) is 17.7 Å². The summed E-state index contributed by atoms with van der Waals surface area (Å²) in [5.74, 6) is 0.656. The first-order chi connectivity index (χ1) is 17.3. The second-order valence-electron chi connectivity index (χ2n) is 11.9. The van der Waals surface area contributed by atoms with Gasteiger partial charge in [0.05, 0.1) is 28.2 Å². The van der Waals surface area contributed by atoms with Crippen molar-refractivity contribution >= 4 is 11.8 Å². The molecule has 8 rings (SSSR count). The number of carbonyl (C=O) groups excluding carboxylic acids is 2.